The van der Waals surface area contributed by atoms with Crippen LogP contribution in [-0.4, -0.2) is 18.0 Å². The minimum Gasteiger partial charge on any atom is -0.453 e. The van der Waals surface area contributed by atoms with Gasteiger partial charge in [0.2, 0.25) is 0 Å². The molecule has 5 rings (SSSR count). The molecule has 0 saturated heterocycles. The molecule has 5 heteroatoms. The van der Waals surface area contributed by atoms with E-state index in [1.54, 1.807) is 31.2 Å². The third-order valence-corrected chi connectivity index (χ3v) is 6.73. The Morgan fingerprint density at radius 1 is 1.12 bits per heavy atom. The van der Waals surface area contributed by atoms with Crippen LogP contribution in [0.5, 0.6) is 0 Å². The quantitative estimate of drug-likeness (QED) is 0.751. The maximum atomic E-state index is 12.5. The summed E-state index contributed by atoms with van der Waals surface area (Å²) in [5.74, 6) is 1.87. The Labute approximate surface area is 159 Å². The number of hydrogen-bond acceptors (Lipinski definition) is 3. The number of halogens is 1. The van der Waals surface area contributed by atoms with Crippen molar-refractivity contribution in [3.63, 3.8) is 0 Å². The van der Waals surface area contributed by atoms with E-state index in [1.165, 1.54) is 38.5 Å². The van der Waals surface area contributed by atoms with Crippen LogP contribution in [0.4, 0.5) is 5.69 Å². The minimum atomic E-state index is -0.799. The fraction of sp³-hybridized carbons (Fsp3) is 0.619. The van der Waals surface area contributed by atoms with Gasteiger partial charge < -0.3 is 10.1 Å². The van der Waals surface area contributed by atoms with Crippen LogP contribution in [0.1, 0.15) is 51.9 Å². The molecule has 0 heterocycles. The summed E-state index contributed by atoms with van der Waals surface area (Å²) in [6.07, 6.45) is 7.23. The zero-order valence-corrected chi connectivity index (χ0v) is 15.9. The fourth-order valence-electron chi connectivity index (χ4n) is 5.88. The van der Waals surface area contributed by atoms with Gasteiger partial charge in [-0.05, 0) is 92.9 Å². The van der Waals surface area contributed by atoms with Gasteiger partial charge in [-0.25, -0.2) is 0 Å². The second-order valence-corrected chi connectivity index (χ2v) is 9.16. The van der Waals surface area contributed by atoms with Gasteiger partial charge in [0, 0.05) is 10.7 Å². The Morgan fingerprint density at radius 3 is 2.19 bits per heavy atom. The molecule has 1 aromatic carbocycles. The van der Waals surface area contributed by atoms with Crippen molar-refractivity contribution in [2.45, 2.75) is 58.0 Å². The summed E-state index contributed by atoms with van der Waals surface area (Å²) in [4.78, 5) is 24.8. The maximum Gasteiger partial charge on any atom is 0.307 e. The highest BCUT2D eigenvalue weighted by molar-refractivity contribution is 6.30. The van der Waals surface area contributed by atoms with Crippen molar-refractivity contribution in [2.75, 3.05) is 5.32 Å². The van der Waals surface area contributed by atoms with Crippen molar-refractivity contribution in [1.29, 1.82) is 0 Å². The molecule has 1 N–H and O–H groups in total. The third kappa shape index (κ3) is 3.75. The van der Waals surface area contributed by atoms with E-state index in [0.29, 0.717) is 17.1 Å². The van der Waals surface area contributed by atoms with Crippen molar-refractivity contribution < 1.29 is 14.3 Å². The van der Waals surface area contributed by atoms with Crippen LogP contribution < -0.4 is 5.32 Å². The number of ether oxygens (including phenoxy) is 1. The van der Waals surface area contributed by atoms with Crippen molar-refractivity contribution in [1.82, 2.24) is 0 Å². The van der Waals surface area contributed by atoms with E-state index in [-0.39, 0.29) is 17.3 Å². The Bertz CT molecular complexity index is 664. The van der Waals surface area contributed by atoms with E-state index in [4.69, 9.17) is 16.3 Å². The van der Waals surface area contributed by atoms with Crippen molar-refractivity contribution >= 4 is 29.2 Å². The van der Waals surface area contributed by atoms with Crippen LogP contribution in [0.25, 0.3) is 0 Å². The predicted octanol–water partition coefficient (Wildman–Crippen LogP) is 4.82. The Balaban J connectivity index is 1.31. The third-order valence-electron chi connectivity index (χ3n) is 6.47. The number of esters is 1. The zero-order chi connectivity index (χ0) is 18.3. The number of rotatable bonds is 5. The number of anilines is 1. The monoisotopic (exact) mass is 375 g/mol. The molecular formula is C21H26ClNO3. The Hall–Kier alpha value is -1.55. The minimum absolute atomic E-state index is 0.137. The van der Waals surface area contributed by atoms with Gasteiger partial charge >= 0.3 is 5.97 Å². The average molecular weight is 376 g/mol. The summed E-state index contributed by atoms with van der Waals surface area (Å²) < 4.78 is 5.47. The summed E-state index contributed by atoms with van der Waals surface area (Å²) in [6.45, 7) is 1.63. The SMILES string of the molecule is C[C@H](OC(=O)CC12CC3CC(CC(C3)C1)C2)C(=O)Nc1ccc(Cl)cc1. The largest absolute Gasteiger partial charge is 0.453 e. The highest BCUT2D eigenvalue weighted by atomic mass is 35.5. The van der Waals surface area contributed by atoms with Gasteiger partial charge in [0.05, 0.1) is 6.42 Å². The van der Waals surface area contributed by atoms with Gasteiger partial charge in [0.15, 0.2) is 6.10 Å². The van der Waals surface area contributed by atoms with E-state index >= 15 is 0 Å². The lowest BCUT2D eigenvalue weighted by molar-refractivity contribution is -0.160. The molecule has 0 spiro atoms. The molecule has 4 aliphatic carbocycles. The fourth-order valence-corrected chi connectivity index (χ4v) is 6.01. The molecule has 0 aliphatic heterocycles. The first-order valence-electron chi connectivity index (χ1n) is 9.67. The lowest BCUT2D eigenvalue weighted by atomic mass is 9.49. The van der Waals surface area contributed by atoms with Gasteiger partial charge in [0.1, 0.15) is 0 Å². The summed E-state index contributed by atoms with van der Waals surface area (Å²) in [6, 6.07) is 6.87. The topological polar surface area (TPSA) is 55.4 Å². The second-order valence-electron chi connectivity index (χ2n) is 8.72. The molecule has 0 aromatic heterocycles. The molecular weight excluding hydrogens is 350 g/mol. The maximum absolute atomic E-state index is 12.5. The molecule has 1 atom stereocenters. The van der Waals surface area contributed by atoms with Gasteiger partial charge in [-0.1, -0.05) is 11.6 Å². The first-order valence-corrected chi connectivity index (χ1v) is 10.0. The van der Waals surface area contributed by atoms with Crippen molar-refractivity contribution in [3.05, 3.63) is 29.3 Å². The van der Waals surface area contributed by atoms with Crippen LogP contribution in [0.15, 0.2) is 24.3 Å². The first-order chi connectivity index (χ1) is 12.4. The standard InChI is InChI=1S/C21H26ClNO3/c1-13(20(25)23-18-4-2-17(22)3-5-18)26-19(24)12-21-9-14-6-15(10-21)8-16(7-14)11-21/h2-5,13-16H,6-12H2,1H3,(H,23,25)/t13-,14?,15?,16?,21?/m0/s1. The number of carbonyl (C=O) groups excluding carboxylic acids is 2. The Kier molecular flexibility index (Phi) is 4.72. The zero-order valence-electron chi connectivity index (χ0n) is 15.2. The normalized spacial score (nSPS) is 32.9. The van der Waals surface area contributed by atoms with Gasteiger partial charge in [0.25, 0.3) is 5.91 Å². The first kappa shape index (κ1) is 17.8. The number of nitrogens with one attached hydrogen (secondary N) is 1. The van der Waals surface area contributed by atoms with Gasteiger partial charge in [-0.3, -0.25) is 9.59 Å². The molecule has 0 unspecified atom stereocenters. The summed E-state index contributed by atoms with van der Waals surface area (Å²) in [5, 5.41) is 3.37. The summed E-state index contributed by atoms with van der Waals surface area (Å²) in [5.41, 5.74) is 0.779. The molecule has 4 saturated carbocycles. The van der Waals surface area contributed by atoms with Crippen LogP contribution in [-0.2, 0) is 14.3 Å². The predicted molar refractivity (Wildman–Crippen MR) is 101 cm³/mol. The van der Waals surface area contributed by atoms with Crippen LogP contribution in [0.3, 0.4) is 0 Å². The summed E-state index contributed by atoms with van der Waals surface area (Å²) in [7, 11) is 0. The number of amides is 1. The lowest BCUT2D eigenvalue weighted by Crippen LogP contribution is -2.47. The Morgan fingerprint density at radius 2 is 1.65 bits per heavy atom. The van der Waals surface area contributed by atoms with E-state index < -0.39 is 6.10 Å². The second kappa shape index (κ2) is 6.88. The smallest absolute Gasteiger partial charge is 0.307 e. The molecule has 0 radical (unpaired) electrons. The van der Waals surface area contributed by atoms with Crippen LogP contribution in [0, 0.1) is 23.2 Å². The molecule has 4 bridgehead atoms. The van der Waals surface area contributed by atoms with Crippen LogP contribution in [0.2, 0.25) is 5.02 Å². The van der Waals surface area contributed by atoms with Gasteiger partial charge in [-0.2, -0.15) is 0 Å². The highest BCUT2D eigenvalue weighted by Crippen LogP contribution is 2.61. The molecule has 4 nitrogen and oxygen atoms in total. The molecule has 1 amide bonds. The van der Waals surface area contributed by atoms with Gasteiger partial charge in [-0.15, -0.1) is 0 Å². The molecule has 26 heavy (non-hydrogen) atoms. The van der Waals surface area contributed by atoms with E-state index in [2.05, 4.69) is 5.32 Å². The van der Waals surface area contributed by atoms with Crippen molar-refractivity contribution in [3.8, 4) is 0 Å². The lowest BCUT2D eigenvalue weighted by Gasteiger charge is -2.56. The van der Waals surface area contributed by atoms with Crippen molar-refractivity contribution in [2.24, 2.45) is 23.2 Å². The summed E-state index contributed by atoms with van der Waals surface area (Å²) >= 11 is 5.85. The van der Waals surface area contributed by atoms with E-state index in [1.807, 2.05) is 0 Å². The highest BCUT2D eigenvalue weighted by Gasteiger charge is 2.51. The average Bonchev–Trinajstić information content (AvgIpc) is 2.55. The molecule has 4 fully saturated rings. The molecule has 1 aromatic rings. The molecule has 140 valence electrons. The van der Waals surface area contributed by atoms with Crippen LogP contribution >= 0.6 is 11.6 Å². The van der Waals surface area contributed by atoms with E-state index in [0.717, 1.165) is 17.8 Å². The number of benzene rings is 1. The number of carbonyl (C=O) groups is 2. The number of hydrogen-bond donors (Lipinski definition) is 1. The molecule has 4 aliphatic rings. The van der Waals surface area contributed by atoms with E-state index in [9.17, 15) is 9.59 Å².